The quantitative estimate of drug-likeness (QED) is 0.475. The van der Waals surface area contributed by atoms with Gasteiger partial charge in [-0.1, -0.05) is 6.07 Å². The maximum atomic E-state index is 12.0. The molecule has 24 heavy (non-hydrogen) atoms. The van der Waals surface area contributed by atoms with Crippen molar-refractivity contribution in [1.82, 2.24) is 4.72 Å². The Kier molecular flexibility index (Phi) is 11.6. The Labute approximate surface area is 148 Å². The summed E-state index contributed by atoms with van der Waals surface area (Å²) in [5.74, 6) is -0.258. The van der Waals surface area contributed by atoms with Crippen LogP contribution in [0, 0.1) is 0 Å². The molecule has 0 aliphatic rings. The third-order valence-corrected chi connectivity index (χ3v) is 4.23. The Bertz CT molecular complexity index is 598. The van der Waals surface area contributed by atoms with E-state index >= 15 is 0 Å². The predicted octanol–water partition coefficient (Wildman–Crippen LogP) is 0.337. The largest absolute Gasteiger partial charge is 0.382 e. The Hall–Kier alpha value is -1.23. The van der Waals surface area contributed by atoms with Gasteiger partial charge in [-0.2, -0.15) is 0 Å². The van der Waals surface area contributed by atoms with E-state index in [0.717, 1.165) is 0 Å². The molecule has 0 radical (unpaired) electrons. The van der Waals surface area contributed by atoms with Crippen LogP contribution in [0.1, 0.15) is 6.42 Å². The van der Waals surface area contributed by atoms with E-state index in [0.29, 0.717) is 18.9 Å². The van der Waals surface area contributed by atoms with Crippen LogP contribution < -0.4 is 15.8 Å². The average Bonchev–Trinajstić information content (AvgIpc) is 2.53. The van der Waals surface area contributed by atoms with Gasteiger partial charge in [0.05, 0.1) is 31.1 Å². The summed E-state index contributed by atoms with van der Waals surface area (Å²) in [6.07, 6.45) is 0.173. The monoisotopic (exact) mass is 381 g/mol. The van der Waals surface area contributed by atoms with Gasteiger partial charge in [-0.05, 0) is 18.2 Å². The molecule has 10 heteroatoms. The highest BCUT2D eigenvalue weighted by atomic mass is 35.5. The van der Waals surface area contributed by atoms with Crippen LogP contribution in [0.4, 0.5) is 5.69 Å². The summed E-state index contributed by atoms with van der Waals surface area (Å²) >= 11 is 0. The van der Waals surface area contributed by atoms with E-state index in [1.807, 2.05) is 0 Å². The molecule has 0 bridgehead atoms. The first-order valence-electron chi connectivity index (χ1n) is 7.16. The van der Waals surface area contributed by atoms with Crippen LogP contribution in [-0.4, -0.2) is 54.3 Å². The van der Waals surface area contributed by atoms with Crippen LogP contribution in [0.5, 0.6) is 0 Å². The maximum Gasteiger partial charge on any atom is 0.240 e. The zero-order valence-electron chi connectivity index (χ0n) is 13.5. The lowest BCUT2D eigenvalue weighted by atomic mass is 10.3. The second kappa shape index (κ2) is 12.2. The van der Waals surface area contributed by atoms with Crippen molar-refractivity contribution in [2.75, 3.05) is 45.3 Å². The van der Waals surface area contributed by atoms with E-state index in [4.69, 9.17) is 15.2 Å². The lowest BCUT2D eigenvalue weighted by Gasteiger charge is -2.09. The van der Waals surface area contributed by atoms with E-state index in [1.165, 1.54) is 12.1 Å². The van der Waals surface area contributed by atoms with E-state index in [2.05, 4.69) is 10.0 Å². The number of methoxy groups -OCH3 is 1. The molecule has 0 fully saturated rings. The molecule has 0 saturated heterocycles. The van der Waals surface area contributed by atoms with Crippen LogP contribution in [0.15, 0.2) is 29.2 Å². The summed E-state index contributed by atoms with van der Waals surface area (Å²) < 4.78 is 36.4. The number of carbonyl (C=O) groups is 1. The summed E-state index contributed by atoms with van der Waals surface area (Å²) in [5, 5.41) is 2.63. The Morgan fingerprint density at radius 1 is 1.25 bits per heavy atom. The Balaban J connectivity index is 0.00000529. The highest BCUT2D eigenvalue weighted by Crippen LogP contribution is 2.15. The number of anilines is 1. The van der Waals surface area contributed by atoms with Crippen molar-refractivity contribution in [1.29, 1.82) is 0 Å². The standard InChI is InChI=1S/C14H23N3O5S.ClH/c1-21-9-10-22-8-5-14(18)17-12-3-2-4-13(11-12)23(19,20)16-7-6-15;/h2-4,11,16H,5-10,15H2,1H3,(H,17,18);1H. The second-order valence-electron chi connectivity index (χ2n) is 4.62. The van der Waals surface area contributed by atoms with Gasteiger partial charge >= 0.3 is 0 Å². The van der Waals surface area contributed by atoms with Crippen LogP contribution in [0.2, 0.25) is 0 Å². The number of benzene rings is 1. The number of carbonyl (C=O) groups excluding carboxylic acids is 1. The highest BCUT2D eigenvalue weighted by Gasteiger charge is 2.14. The number of nitrogens with one attached hydrogen (secondary N) is 2. The number of halogens is 1. The van der Waals surface area contributed by atoms with Crippen molar-refractivity contribution < 1.29 is 22.7 Å². The van der Waals surface area contributed by atoms with Gasteiger partial charge in [-0.25, -0.2) is 13.1 Å². The predicted molar refractivity (Wildman–Crippen MR) is 93.9 cm³/mol. The molecule has 0 aromatic heterocycles. The molecule has 1 amide bonds. The molecule has 0 heterocycles. The first kappa shape index (κ1) is 22.8. The van der Waals surface area contributed by atoms with Crippen molar-refractivity contribution in [2.45, 2.75) is 11.3 Å². The van der Waals surface area contributed by atoms with Gasteiger partial charge in [0.2, 0.25) is 15.9 Å². The lowest BCUT2D eigenvalue weighted by molar-refractivity contribution is -0.117. The third kappa shape index (κ3) is 8.57. The average molecular weight is 382 g/mol. The summed E-state index contributed by atoms with van der Waals surface area (Å²) in [6.45, 7) is 1.52. The highest BCUT2D eigenvalue weighted by molar-refractivity contribution is 7.89. The van der Waals surface area contributed by atoms with Gasteiger partial charge in [-0.15, -0.1) is 12.4 Å². The number of hydrogen-bond donors (Lipinski definition) is 3. The first-order chi connectivity index (χ1) is 11.0. The molecule has 138 valence electrons. The van der Waals surface area contributed by atoms with Gasteiger partial charge in [0.1, 0.15) is 0 Å². The molecule has 1 aromatic carbocycles. The van der Waals surface area contributed by atoms with Gasteiger partial charge < -0.3 is 20.5 Å². The molecular weight excluding hydrogens is 358 g/mol. The molecule has 0 aliphatic heterocycles. The van der Waals surface area contributed by atoms with Gasteiger partial charge in [0.25, 0.3) is 0 Å². The molecule has 0 aliphatic carbocycles. The van der Waals surface area contributed by atoms with Crippen molar-refractivity contribution in [3.63, 3.8) is 0 Å². The first-order valence-corrected chi connectivity index (χ1v) is 8.64. The summed E-state index contributed by atoms with van der Waals surface area (Å²) in [5.41, 5.74) is 5.69. The van der Waals surface area contributed by atoms with Crippen LogP contribution >= 0.6 is 12.4 Å². The summed E-state index contributed by atoms with van der Waals surface area (Å²) in [6, 6.07) is 6.01. The zero-order chi connectivity index (χ0) is 17.1. The number of hydrogen-bond acceptors (Lipinski definition) is 6. The fraction of sp³-hybridized carbons (Fsp3) is 0.500. The SMILES string of the molecule is COCCOCCC(=O)Nc1cccc(S(=O)(=O)NCCN)c1.Cl. The number of sulfonamides is 1. The maximum absolute atomic E-state index is 12.0. The van der Waals surface area contributed by atoms with Crippen LogP contribution in [0.25, 0.3) is 0 Å². The second-order valence-corrected chi connectivity index (χ2v) is 6.38. The fourth-order valence-electron chi connectivity index (χ4n) is 1.65. The molecular formula is C14H24ClN3O5S. The van der Waals surface area contributed by atoms with E-state index in [-0.39, 0.29) is 49.3 Å². The summed E-state index contributed by atoms with van der Waals surface area (Å²) in [7, 11) is -2.06. The number of nitrogens with two attached hydrogens (primary N) is 1. The molecule has 4 N–H and O–H groups in total. The topological polar surface area (TPSA) is 120 Å². The Morgan fingerprint density at radius 2 is 2.00 bits per heavy atom. The molecule has 0 spiro atoms. The number of ether oxygens (including phenoxy) is 2. The molecule has 1 aromatic rings. The van der Waals surface area contributed by atoms with Crippen molar-refractivity contribution in [3.05, 3.63) is 24.3 Å². The van der Waals surface area contributed by atoms with Gasteiger partial charge in [-0.3, -0.25) is 4.79 Å². The van der Waals surface area contributed by atoms with Gasteiger partial charge in [0.15, 0.2) is 0 Å². The van der Waals surface area contributed by atoms with Crippen LogP contribution in [0.3, 0.4) is 0 Å². The minimum Gasteiger partial charge on any atom is -0.382 e. The fourth-order valence-corrected chi connectivity index (χ4v) is 2.74. The minimum atomic E-state index is -3.63. The number of amides is 1. The summed E-state index contributed by atoms with van der Waals surface area (Å²) in [4.78, 5) is 11.8. The molecule has 1 rings (SSSR count). The minimum absolute atomic E-state index is 0. The lowest BCUT2D eigenvalue weighted by Crippen LogP contribution is -2.29. The molecule has 0 saturated carbocycles. The normalized spacial score (nSPS) is 10.9. The smallest absolute Gasteiger partial charge is 0.240 e. The number of rotatable bonds is 11. The van der Waals surface area contributed by atoms with Crippen molar-refractivity contribution in [2.24, 2.45) is 5.73 Å². The third-order valence-electron chi connectivity index (χ3n) is 2.77. The van der Waals surface area contributed by atoms with E-state index < -0.39 is 10.0 Å². The molecule has 8 nitrogen and oxygen atoms in total. The van der Waals surface area contributed by atoms with E-state index in [1.54, 1.807) is 19.2 Å². The molecule has 0 atom stereocenters. The van der Waals surface area contributed by atoms with Crippen molar-refractivity contribution >= 4 is 34.0 Å². The Morgan fingerprint density at radius 3 is 2.67 bits per heavy atom. The zero-order valence-corrected chi connectivity index (χ0v) is 15.1. The van der Waals surface area contributed by atoms with Crippen LogP contribution in [-0.2, 0) is 24.3 Å². The van der Waals surface area contributed by atoms with Gasteiger partial charge in [0, 0.05) is 25.9 Å². The van der Waals surface area contributed by atoms with Crippen molar-refractivity contribution in [3.8, 4) is 0 Å². The molecule has 0 unspecified atom stereocenters. The van der Waals surface area contributed by atoms with E-state index in [9.17, 15) is 13.2 Å².